The van der Waals surface area contributed by atoms with E-state index < -0.39 is 35.6 Å². The fourth-order valence-electron chi connectivity index (χ4n) is 3.57. The van der Waals surface area contributed by atoms with Gasteiger partial charge in [0.05, 0.1) is 11.6 Å². The Morgan fingerprint density at radius 1 is 1.06 bits per heavy atom. The first kappa shape index (κ1) is 22.3. The number of carbonyl (C=O) groups is 2. The van der Waals surface area contributed by atoms with E-state index in [2.05, 4.69) is 9.72 Å². The van der Waals surface area contributed by atoms with Crippen molar-refractivity contribution in [2.75, 3.05) is 4.90 Å². The Labute approximate surface area is 190 Å². The topological polar surface area (TPSA) is 79.7 Å². The minimum Gasteiger partial charge on any atom is -0.507 e. The maximum Gasteiger partial charge on any atom is 0.573 e. The zero-order valence-corrected chi connectivity index (χ0v) is 17.3. The Morgan fingerprint density at radius 3 is 2.48 bits per heavy atom. The largest absolute Gasteiger partial charge is 0.573 e. The van der Waals surface area contributed by atoms with Gasteiger partial charge >= 0.3 is 6.36 Å². The van der Waals surface area contributed by atoms with Crippen LogP contribution in [0.1, 0.15) is 17.2 Å². The van der Waals surface area contributed by atoms with Crippen LogP contribution < -0.4 is 9.64 Å². The van der Waals surface area contributed by atoms with Gasteiger partial charge in [0.2, 0.25) is 0 Å². The minimum absolute atomic E-state index is 0.0298. The summed E-state index contributed by atoms with van der Waals surface area (Å²) >= 11 is 6.00. The summed E-state index contributed by atoms with van der Waals surface area (Å²) in [4.78, 5) is 31.0. The van der Waals surface area contributed by atoms with Gasteiger partial charge in [-0.2, -0.15) is 0 Å². The van der Waals surface area contributed by atoms with Crippen LogP contribution in [-0.4, -0.2) is 28.1 Å². The zero-order chi connectivity index (χ0) is 23.8. The Morgan fingerprint density at radius 2 is 1.82 bits per heavy atom. The first-order chi connectivity index (χ1) is 15.7. The van der Waals surface area contributed by atoms with Gasteiger partial charge in [0, 0.05) is 34.7 Å². The van der Waals surface area contributed by atoms with E-state index in [4.69, 9.17) is 11.6 Å². The first-order valence-electron chi connectivity index (χ1n) is 9.48. The van der Waals surface area contributed by atoms with E-state index in [1.165, 1.54) is 36.7 Å². The van der Waals surface area contributed by atoms with Crippen LogP contribution in [0.25, 0.3) is 5.76 Å². The monoisotopic (exact) mass is 474 g/mol. The van der Waals surface area contributed by atoms with Crippen molar-refractivity contribution < 1.29 is 32.6 Å². The highest BCUT2D eigenvalue weighted by Gasteiger charge is 2.47. The van der Waals surface area contributed by atoms with Gasteiger partial charge in [-0.1, -0.05) is 35.9 Å². The summed E-state index contributed by atoms with van der Waals surface area (Å²) in [6, 6.07) is 12.7. The number of anilines is 1. The van der Waals surface area contributed by atoms with Crippen LogP contribution in [0.15, 0.2) is 78.6 Å². The summed E-state index contributed by atoms with van der Waals surface area (Å²) in [6.07, 6.45) is -2.07. The van der Waals surface area contributed by atoms with Crippen molar-refractivity contribution in [3.8, 4) is 5.75 Å². The van der Waals surface area contributed by atoms with Crippen LogP contribution in [0.2, 0.25) is 5.02 Å². The van der Waals surface area contributed by atoms with Gasteiger partial charge in [-0.15, -0.1) is 13.2 Å². The third-order valence-corrected chi connectivity index (χ3v) is 5.11. The molecule has 1 unspecified atom stereocenters. The second-order valence-corrected chi connectivity index (χ2v) is 7.45. The number of Topliss-reactive ketones (excluding diaryl/α,β-unsaturated/α-hetero) is 1. The normalized spacial score (nSPS) is 17.9. The van der Waals surface area contributed by atoms with Crippen LogP contribution in [0, 0.1) is 0 Å². The molecule has 2 heterocycles. The van der Waals surface area contributed by atoms with E-state index >= 15 is 0 Å². The molecule has 10 heteroatoms. The molecule has 6 nitrogen and oxygen atoms in total. The van der Waals surface area contributed by atoms with Crippen molar-refractivity contribution in [2.24, 2.45) is 0 Å². The molecule has 1 amide bonds. The molecule has 0 aliphatic carbocycles. The maximum absolute atomic E-state index is 13.0. The Balaban J connectivity index is 1.89. The lowest BCUT2D eigenvalue weighted by Gasteiger charge is -2.25. The molecule has 0 spiro atoms. The Kier molecular flexibility index (Phi) is 5.82. The summed E-state index contributed by atoms with van der Waals surface area (Å²) < 4.78 is 42.1. The number of aliphatic hydroxyl groups excluding tert-OH is 1. The molecule has 1 atom stereocenters. The molecule has 1 saturated heterocycles. The number of hydrogen-bond donors (Lipinski definition) is 1. The molecule has 3 aromatic rings. The first-order valence-corrected chi connectivity index (χ1v) is 9.86. The SMILES string of the molecule is O=C1C(=O)N(c2cccc(OC(F)(F)F)c2)C(c2cccnc2)/C1=C(\O)c1cccc(Cl)c1. The van der Waals surface area contributed by atoms with Gasteiger partial charge < -0.3 is 9.84 Å². The Hall–Kier alpha value is -3.85. The van der Waals surface area contributed by atoms with Crippen LogP contribution in [-0.2, 0) is 9.59 Å². The lowest BCUT2D eigenvalue weighted by Crippen LogP contribution is -2.29. The zero-order valence-electron chi connectivity index (χ0n) is 16.6. The number of carbonyl (C=O) groups excluding carboxylic acids is 2. The number of ketones is 1. The average Bonchev–Trinajstić information content (AvgIpc) is 3.03. The predicted octanol–water partition coefficient (Wildman–Crippen LogP) is 5.26. The number of aliphatic hydroxyl groups is 1. The highest BCUT2D eigenvalue weighted by molar-refractivity contribution is 6.51. The molecular formula is C23H14ClF3N2O4. The number of halogens is 4. The second kappa shape index (κ2) is 8.59. The molecule has 1 aromatic heterocycles. The van der Waals surface area contributed by atoms with Gasteiger partial charge in [0.1, 0.15) is 11.5 Å². The predicted molar refractivity (Wildman–Crippen MR) is 114 cm³/mol. The molecular weight excluding hydrogens is 461 g/mol. The fraction of sp³-hybridized carbons (Fsp3) is 0.0870. The van der Waals surface area contributed by atoms with E-state index in [1.807, 2.05) is 0 Å². The van der Waals surface area contributed by atoms with E-state index in [-0.39, 0.29) is 16.8 Å². The van der Waals surface area contributed by atoms with Gasteiger partial charge in [0.15, 0.2) is 0 Å². The number of pyridine rings is 1. The summed E-state index contributed by atoms with van der Waals surface area (Å²) in [5.74, 6) is -3.09. The van der Waals surface area contributed by atoms with Crippen molar-refractivity contribution >= 4 is 34.7 Å². The Bertz CT molecular complexity index is 1260. The van der Waals surface area contributed by atoms with Crippen LogP contribution in [0.5, 0.6) is 5.75 Å². The summed E-state index contributed by atoms with van der Waals surface area (Å²) in [5.41, 5.74) is 0.279. The van der Waals surface area contributed by atoms with Crippen molar-refractivity contribution in [3.05, 3.63) is 94.8 Å². The summed E-state index contributed by atoms with van der Waals surface area (Å²) in [7, 11) is 0. The highest BCUT2D eigenvalue weighted by atomic mass is 35.5. The molecule has 0 saturated carbocycles. The molecule has 168 valence electrons. The number of amides is 1. The van der Waals surface area contributed by atoms with Crippen molar-refractivity contribution in [1.29, 1.82) is 0 Å². The number of nitrogens with zero attached hydrogens (tertiary/aromatic N) is 2. The van der Waals surface area contributed by atoms with Crippen LogP contribution in [0.4, 0.5) is 18.9 Å². The molecule has 4 rings (SSSR count). The van der Waals surface area contributed by atoms with Crippen LogP contribution >= 0.6 is 11.6 Å². The quantitative estimate of drug-likeness (QED) is 0.317. The molecule has 1 N–H and O–H groups in total. The van der Waals surface area contributed by atoms with E-state index in [0.717, 1.165) is 17.0 Å². The lowest BCUT2D eigenvalue weighted by molar-refractivity contribution is -0.274. The average molecular weight is 475 g/mol. The molecule has 1 aliphatic heterocycles. The molecule has 0 radical (unpaired) electrons. The van der Waals surface area contributed by atoms with Gasteiger partial charge in [-0.25, -0.2) is 0 Å². The lowest BCUT2D eigenvalue weighted by atomic mass is 9.96. The van der Waals surface area contributed by atoms with Crippen molar-refractivity contribution in [2.45, 2.75) is 12.4 Å². The minimum atomic E-state index is -4.94. The summed E-state index contributed by atoms with van der Waals surface area (Å²) in [6.45, 7) is 0. The maximum atomic E-state index is 13.0. The number of hydrogen-bond acceptors (Lipinski definition) is 5. The number of ether oxygens (including phenoxy) is 1. The third kappa shape index (κ3) is 4.54. The molecule has 33 heavy (non-hydrogen) atoms. The van der Waals surface area contributed by atoms with Crippen molar-refractivity contribution in [3.63, 3.8) is 0 Å². The second-order valence-electron chi connectivity index (χ2n) is 7.01. The smallest absolute Gasteiger partial charge is 0.507 e. The molecule has 0 bridgehead atoms. The van der Waals surface area contributed by atoms with Crippen molar-refractivity contribution in [1.82, 2.24) is 4.98 Å². The van der Waals surface area contributed by atoms with Gasteiger partial charge in [-0.05, 0) is 35.9 Å². The van der Waals surface area contributed by atoms with Gasteiger partial charge in [0.25, 0.3) is 11.7 Å². The van der Waals surface area contributed by atoms with E-state index in [0.29, 0.717) is 10.6 Å². The number of aromatic nitrogens is 1. The highest BCUT2D eigenvalue weighted by Crippen LogP contribution is 2.43. The fourth-order valence-corrected chi connectivity index (χ4v) is 3.76. The van der Waals surface area contributed by atoms with E-state index in [1.54, 1.807) is 24.3 Å². The molecule has 1 aliphatic rings. The molecule has 1 fully saturated rings. The standard InChI is InChI=1S/C23H14ClF3N2O4/c24-15-6-1-4-13(10-15)20(30)18-19(14-5-3-9-28-12-14)29(22(32)21(18)31)16-7-2-8-17(11-16)33-23(25,26)27/h1-12,19,30H/b20-18+. The molecule has 2 aromatic carbocycles. The van der Waals surface area contributed by atoms with Gasteiger partial charge in [-0.3, -0.25) is 19.5 Å². The number of rotatable bonds is 4. The third-order valence-electron chi connectivity index (χ3n) is 4.87. The van der Waals surface area contributed by atoms with E-state index in [9.17, 15) is 27.9 Å². The van der Waals surface area contributed by atoms with Crippen LogP contribution in [0.3, 0.4) is 0 Å². The number of benzene rings is 2. The summed E-state index contributed by atoms with van der Waals surface area (Å²) in [5, 5.41) is 11.3. The number of alkyl halides is 3.